The zero-order valence-corrected chi connectivity index (χ0v) is 18.5. The van der Waals surface area contributed by atoms with Crippen LogP contribution in [0.4, 0.5) is 9.52 Å². The molecule has 0 bridgehead atoms. The monoisotopic (exact) mass is 445 g/mol. The van der Waals surface area contributed by atoms with Crippen LogP contribution in [0.25, 0.3) is 10.2 Å². The number of hydrogen-bond donors (Lipinski definition) is 0. The SMILES string of the molecule is O=C(CC(c1ccccc1)c1ccccc1)N1CCN(c2nc3ccc(F)cc3s2)CC1. The molecule has 1 aliphatic heterocycles. The van der Waals surface area contributed by atoms with Crippen molar-refractivity contribution >= 4 is 32.6 Å². The fourth-order valence-electron chi connectivity index (χ4n) is 4.27. The molecule has 1 aliphatic rings. The van der Waals surface area contributed by atoms with Gasteiger partial charge in [0.25, 0.3) is 0 Å². The molecule has 5 rings (SSSR count). The number of rotatable bonds is 5. The summed E-state index contributed by atoms with van der Waals surface area (Å²) in [5, 5.41) is 0.893. The average molecular weight is 446 g/mol. The minimum Gasteiger partial charge on any atom is -0.345 e. The number of benzene rings is 3. The van der Waals surface area contributed by atoms with Crippen molar-refractivity contribution in [1.82, 2.24) is 9.88 Å². The lowest BCUT2D eigenvalue weighted by Gasteiger charge is -2.35. The van der Waals surface area contributed by atoms with Crippen LogP contribution in [0.1, 0.15) is 23.5 Å². The van der Waals surface area contributed by atoms with E-state index in [4.69, 9.17) is 0 Å². The molecule has 1 amide bonds. The van der Waals surface area contributed by atoms with Gasteiger partial charge in [-0.25, -0.2) is 9.37 Å². The smallest absolute Gasteiger partial charge is 0.223 e. The number of hydrogen-bond acceptors (Lipinski definition) is 4. The maximum Gasteiger partial charge on any atom is 0.223 e. The quantitative estimate of drug-likeness (QED) is 0.418. The molecule has 1 saturated heterocycles. The highest BCUT2D eigenvalue weighted by Gasteiger charge is 2.26. The molecule has 32 heavy (non-hydrogen) atoms. The summed E-state index contributed by atoms with van der Waals surface area (Å²) in [6.07, 6.45) is 0.453. The van der Waals surface area contributed by atoms with E-state index in [2.05, 4.69) is 34.1 Å². The molecule has 0 atom stereocenters. The third kappa shape index (κ3) is 4.36. The lowest BCUT2D eigenvalue weighted by Crippen LogP contribution is -2.49. The van der Waals surface area contributed by atoms with Crippen molar-refractivity contribution in [2.24, 2.45) is 0 Å². The van der Waals surface area contributed by atoms with Crippen LogP contribution >= 0.6 is 11.3 Å². The molecule has 2 heterocycles. The number of thiazole rings is 1. The third-order valence-corrected chi connectivity index (χ3v) is 7.10. The van der Waals surface area contributed by atoms with E-state index in [1.807, 2.05) is 41.3 Å². The van der Waals surface area contributed by atoms with Crippen LogP contribution < -0.4 is 4.90 Å². The van der Waals surface area contributed by atoms with E-state index in [-0.39, 0.29) is 17.6 Å². The molecule has 0 radical (unpaired) electrons. The molecule has 1 aromatic heterocycles. The fraction of sp³-hybridized carbons (Fsp3) is 0.231. The molecule has 0 saturated carbocycles. The van der Waals surface area contributed by atoms with Crippen molar-refractivity contribution in [2.75, 3.05) is 31.1 Å². The Labute approximate surface area is 190 Å². The molecular formula is C26H24FN3OS. The molecule has 4 nitrogen and oxygen atoms in total. The number of amides is 1. The second kappa shape index (κ2) is 9.09. The highest BCUT2D eigenvalue weighted by Crippen LogP contribution is 2.31. The number of carbonyl (C=O) groups is 1. The molecular weight excluding hydrogens is 421 g/mol. The van der Waals surface area contributed by atoms with Gasteiger partial charge in [0.05, 0.1) is 10.2 Å². The Morgan fingerprint density at radius 3 is 2.16 bits per heavy atom. The third-order valence-electron chi connectivity index (χ3n) is 6.02. The number of halogens is 1. The van der Waals surface area contributed by atoms with Crippen LogP contribution in [0.2, 0.25) is 0 Å². The Morgan fingerprint density at radius 2 is 1.53 bits per heavy atom. The topological polar surface area (TPSA) is 36.4 Å². The summed E-state index contributed by atoms with van der Waals surface area (Å²) in [5.74, 6) is -0.0229. The molecule has 0 aliphatic carbocycles. The molecule has 0 N–H and O–H groups in total. The van der Waals surface area contributed by atoms with Crippen molar-refractivity contribution in [3.05, 3.63) is 95.8 Å². The van der Waals surface area contributed by atoms with Gasteiger partial charge in [-0.05, 0) is 29.3 Å². The standard InChI is InChI=1S/C26H24FN3OS/c27-21-11-12-23-24(17-21)32-26(28-23)30-15-13-29(14-16-30)25(31)18-22(19-7-3-1-4-8-19)20-9-5-2-6-10-20/h1-12,17,22H,13-16,18H2. The zero-order valence-electron chi connectivity index (χ0n) is 17.7. The second-order valence-electron chi connectivity index (χ2n) is 8.05. The highest BCUT2D eigenvalue weighted by atomic mass is 32.1. The van der Waals surface area contributed by atoms with Gasteiger partial charge < -0.3 is 9.80 Å². The molecule has 0 unspecified atom stereocenters. The lowest BCUT2D eigenvalue weighted by molar-refractivity contribution is -0.131. The van der Waals surface area contributed by atoms with Crippen molar-refractivity contribution in [3.63, 3.8) is 0 Å². The van der Waals surface area contributed by atoms with Crippen LogP contribution in [0.3, 0.4) is 0 Å². The Bertz CT molecular complexity index is 1160. The number of fused-ring (bicyclic) bond motifs is 1. The predicted octanol–water partition coefficient (Wildman–Crippen LogP) is 5.31. The van der Waals surface area contributed by atoms with Gasteiger partial charge in [0, 0.05) is 38.5 Å². The van der Waals surface area contributed by atoms with Crippen LogP contribution in [0, 0.1) is 5.82 Å². The van der Waals surface area contributed by atoms with Crippen molar-refractivity contribution in [2.45, 2.75) is 12.3 Å². The molecule has 0 spiro atoms. The van der Waals surface area contributed by atoms with Crippen LogP contribution in [-0.4, -0.2) is 42.0 Å². The minimum absolute atomic E-state index is 0.0436. The summed E-state index contributed by atoms with van der Waals surface area (Å²) in [5.41, 5.74) is 3.14. The van der Waals surface area contributed by atoms with E-state index in [0.717, 1.165) is 39.6 Å². The molecule has 3 aromatic carbocycles. The molecule has 162 valence electrons. The van der Waals surface area contributed by atoms with Gasteiger partial charge in [0.2, 0.25) is 5.91 Å². The summed E-state index contributed by atoms with van der Waals surface area (Å²) < 4.78 is 14.4. The number of nitrogens with zero attached hydrogens (tertiary/aromatic N) is 3. The second-order valence-corrected chi connectivity index (χ2v) is 9.06. The van der Waals surface area contributed by atoms with Gasteiger partial charge in [-0.3, -0.25) is 4.79 Å². The normalized spacial score (nSPS) is 14.3. The van der Waals surface area contributed by atoms with Gasteiger partial charge in [-0.15, -0.1) is 0 Å². The minimum atomic E-state index is -0.241. The first-order valence-corrected chi connectivity index (χ1v) is 11.7. The zero-order chi connectivity index (χ0) is 21.9. The Hall–Kier alpha value is -3.25. The Morgan fingerprint density at radius 1 is 0.906 bits per heavy atom. The van der Waals surface area contributed by atoms with Crippen LogP contribution in [0.5, 0.6) is 0 Å². The molecule has 1 fully saturated rings. The fourth-order valence-corrected chi connectivity index (χ4v) is 5.31. The van der Waals surface area contributed by atoms with Gasteiger partial charge in [0.1, 0.15) is 5.82 Å². The summed E-state index contributed by atoms with van der Waals surface area (Å²) in [4.78, 5) is 22.0. The average Bonchev–Trinajstić information content (AvgIpc) is 3.27. The Kier molecular flexibility index (Phi) is 5.86. The van der Waals surface area contributed by atoms with E-state index in [1.165, 1.54) is 23.5 Å². The number of piperazine rings is 1. The van der Waals surface area contributed by atoms with E-state index < -0.39 is 0 Å². The van der Waals surface area contributed by atoms with E-state index in [1.54, 1.807) is 6.07 Å². The lowest BCUT2D eigenvalue weighted by atomic mass is 9.88. The first kappa shape index (κ1) is 20.6. The molecule has 6 heteroatoms. The summed E-state index contributed by atoms with van der Waals surface area (Å²) in [6, 6.07) is 25.2. The van der Waals surface area contributed by atoms with Gasteiger partial charge in [0.15, 0.2) is 5.13 Å². The van der Waals surface area contributed by atoms with Crippen LogP contribution in [0.15, 0.2) is 78.9 Å². The van der Waals surface area contributed by atoms with E-state index >= 15 is 0 Å². The van der Waals surface area contributed by atoms with Crippen molar-refractivity contribution in [1.29, 1.82) is 0 Å². The van der Waals surface area contributed by atoms with Gasteiger partial charge >= 0.3 is 0 Å². The Balaban J connectivity index is 1.27. The van der Waals surface area contributed by atoms with Crippen molar-refractivity contribution < 1.29 is 9.18 Å². The number of anilines is 1. The van der Waals surface area contributed by atoms with Crippen LogP contribution in [-0.2, 0) is 4.79 Å². The summed E-state index contributed by atoms with van der Waals surface area (Å²) in [6.45, 7) is 2.80. The van der Waals surface area contributed by atoms with Gasteiger partial charge in [-0.1, -0.05) is 72.0 Å². The maximum atomic E-state index is 13.5. The maximum absolute atomic E-state index is 13.5. The number of aromatic nitrogens is 1. The highest BCUT2D eigenvalue weighted by molar-refractivity contribution is 7.22. The van der Waals surface area contributed by atoms with Crippen molar-refractivity contribution in [3.8, 4) is 0 Å². The van der Waals surface area contributed by atoms with E-state index in [0.29, 0.717) is 19.5 Å². The largest absolute Gasteiger partial charge is 0.345 e. The first-order chi connectivity index (χ1) is 15.7. The predicted molar refractivity (Wildman–Crippen MR) is 128 cm³/mol. The van der Waals surface area contributed by atoms with Gasteiger partial charge in [-0.2, -0.15) is 0 Å². The summed E-state index contributed by atoms with van der Waals surface area (Å²) >= 11 is 1.50. The summed E-state index contributed by atoms with van der Waals surface area (Å²) in [7, 11) is 0. The number of carbonyl (C=O) groups excluding carboxylic acids is 1. The van der Waals surface area contributed by atoms with E-state index in [9.17, 15) is 9.18 Å². The molecule has 4 aromatic rings. The first-order valence-electron chi connectivity index (χ1n) is 10.9.